The van der Waals surface area contributed by atoms with Crippen molar-refractivity contribution in [2.45, 2.75) is 168 Å². The Labute approximate surface area is 762 Å². The number of aromatic amines is 3. The van der Waals surface area contributed by atoms with Crippen LogP contribution in [0.2, 0.25) is 0 Å². The largest absolute Gasteiger partial charge is 0.361 e. The normalized spacial score (nSPS) is 24.6. The molecule has 18 rings (SSSR count). The highest BCUT2D eigenvalue weighted by Crippen LogP contribution is 2.29. The molecule has 18 N–H and O–H groups in total. The van der Waals surface area contributed by atoms with Crippen LogP contribution < -0.4 is 65.1 Å². The van der Waals surface area contributed by atoms with Crippen LogP contribution in [0.5, 0.6) is 0 Å². The van der Waals surface area contributed by atoms with Gasteiger partial charge in [0.05, 0.1) is 0 Å². The molecule has 30 heteroatoms. The number of H-pyrrole nitrogens is 3. The fourth-order valence-electron chi connectivity index (χ4n) is 18.6. The van der Waals surface area contributed by atoms with Gasteiger partial charge in [-0.1, -0.05) is 237 Å². The van der Waals surface area contributed by atoms with Crippen molar-refractivity contribution < 1.29 is 57.5 Å². The minimum atomic E-state index is -1.01. The molecule has 0 aliphatic carbocycles. The SMILES string of the molecule is N[C@@H]1C[C@@H]2C(=O)N[C@@H](Cc3ccccc3)C(=O)N[C@@H](Cc3c[nH]c4ccccc34)C(=O)N[C@@H](Cc3ccccc3)C(=O)N2C1.N[C@H]1C[C@@H]2C(=O)N[C@@H](Cc3ccccc3)C(=O)N[C@@H](Cc3c[nH]c4ccccc34)C(=O)N[C@@H](Cc3ccccc3)C(=O)N2C1.N[C@H]1C[C@@H]2C(=O)N[C@@H](Cc3ccccc3)C(=O)N[C@H](Cc3c[nH]c4ccccc34)C(=O)N[C@@H](Cc3ccccc3)C(=O)N2C1. The van der Waals surface area contributed by atoms with Crippen molar-refractivity contribution in [2.24, 2.45) is 17.2 Å². The molecule has 3 aromatic heterocycles. The lowest BCUT2D eigenvalue weighted by Gasteiger charge is -2.32. The summed E-state index contributed by atoms with van der Waals surface area (Å²) in [6.07, 6.45) is 8.07. The first-order valence-corrected chi connectivity index (χ1v) is 44.9. The van der Waals surface area contributed by atoms with Gasteiger partial charge in [-0.2, -0.15) is 0 Å². The van der Waals surface area contributed by atoms with Gasteiger partial charge in [0.25, 0.3) is 0 Å². The summed E-state index contributed by atoms with van der Waals surface area (Å²) >= 11 is 0. The highest BCUT2D eigenvalue weighted by molar-refractivity contribution is 6.02. The third-order valence-electron chi connectivity index (χ3n) is 25.4. The first-order valence-electron chi connectivity index (χ1n) is 44.9. The van der Waals surface area contributed by atoms with E-state index in [0.29, 0.717) is 0 Å². The molecular weight excluding hydrogens is 1670 g/mol. The van der Waals surface area contributed by atoms with Crippen molar-refractivity contribution in [3.63, 3.8) is 0 Å². The van der Waals surface area contributed by atoms with Gasteiger partial charge in [-0.25, -0.2) is 0 Å². The average molecular weight is 1780 g/mol. The zero-order chi connectivity index (χ0) is 91.9. The van der Waals surface area contributed by atoms with Crippen molar-refractivity contribution in [3.05, 3.63) is 323 Å². The fourth-order valence-corrected chi connectivity index (χ4v) is 18.6. The second-order valence-corrected chi connectivity index (χ2v) is 34.9. The molecule has 15 atom stereocenters. The molecule has 0 saturated carbocycles. The zero-order valence-corrected chi connectivity index (χ0v) is 72.7. The minimum Gasteiger partial charge on any atom is -0.361 e. The van der Waals surface area contributed by atoms with E-state index in [1.807, 2.05) is 273 Å². The summed E-state index contributed by atoms with van der Waals surface area (Å²) in [4.78, 5) is 181. The van der Waals surface area contributed by atoms with Crippen LogP contribution in [0, 0.1) is 0 Å². The fraction of sp³-hybridized carbons (Fsp3) is 0.294. The zero-order valence-electron chi connectivity index (χ0n) is 72.7. The number of amides is 12. The number of nitrogens with two attached hydrogens (primary N) is 3. The quantitative estimate of drug-likeness (QED) is 0.0550. The molecule has 6 fully saturated rings. The maximum atomic E-state index is 14.1. The van der Waals surface area contributed by atoms with Gasteiger partial charge >= 0.3 is 0 Å². The molecule has 9 heterocycles. The maximum Gasteiger partial charge on any atom is 0.246 e. The van der Waals surface area contributed by atoms with Gasteiger partial charge in [0.1, 0.15) is 72.5 Å². The summed E-state index contributed by atoms with van der Waals surface area (Å²) in [6, 6.07) is 66.7. The predicted molar refractivity (Wildman–Crippen MR) is 499 cm³/mol. The summed E-state index contributed by atoms with van der Waals surface area (Å²) in [5.74, 6) is -5.38. The van der Waals surface area contributed by atoms with Crippen LogP contribution in [0.4, 0.5) is 0 Å². The lowest BCUT2D eigenvalue weighted by Crippen LogP contribution is -2.62. The molecule has 6 saturated heterocycles. The van der Waals surface area contributed by atoms with Crippen molar-refractivity contribution in [2.75, 3.05) is 19.6 Å². The number of para-hydroxylation sites is 3. The van der Waals surface area contributed by atoms with E-state index in [1.165, 1.54) is 14.7 Å². The van der Waals surface area contributed by atoms with Crippen LogP contribution in [0.25, 0.3) is 32.7 Å². The predicted octanol–water partition coefficient (Wildman–Crippen LogP) is 4.78. The lowest BCUT2D eigenvalue weighted by atomic mass is 9.99. The minimum absolute atomic E-state index is 0.173. The van der Waals surface area contributed by atoms with E-state index in [9.17, 15) is 57.5 Å². The van der Waals surface area contributed by atoms with Crippen molar-refractivity contribution in [3.8, 4) is 0 Å². The molecule has 6 aliphatic rings. The smallest absolute Gasteiger partial charge is 0.246 e. The lowest BCUT2D eigenvalue weighted by molar-refractivity contribution is -0.143. The van der Waals surface area contributed by atoms with Crippen LogP contribution in [-0.2, 0) is 115 Å². The molecule has 9 aromatic carbocycles. The van der Waals surface area contributed by atoms with Gasteiger partial charge in [-0.3, -0.25) is 57.5 Å². The standard InChI is InChI=1S/3C34H36N6O4/c3*35-24-18-30-33(43)38-27(15-21-9-3-1-4-10-21)31(41)37-28(17-23-19-36-26-14-8-7-13-25(23)26)32(42)39-29(34(44)40(30)20-24)16-22-11-5-2-6-12-22/h3*1-14,19,24,27-30,36H,15-18,20,35H2,(H,37,41)(H,38,43)(H,39,42)/t24-,27+,28+,29+,30-;24-,27-,28+,29-,30+;24-,27-,28-,29-,30+/m100/s1. The molecule has 132 heavy (non-hydrogen) atoms. The first-order chi connectivity index (χ1) is 64.1. The number of nitrogens with zero attached hydrogens (tertiary/aromatic N) is 3. The Bertz CT molecular complexity index is 5560. The molecule has 0 unspecified atom stereocenters. The van der Waals surface area contributed by atoms with Gasteiger partial charge in [0.2, 0.25) is 70.9 Å². The Morgan fingerprint density at radius 1 is 0.220 bits per heavy atom. The van der Waals surface area contributed by atoms with Crippen LogP contribution in [0.3, 0.4) is 0 Å². The summed E-state index contributed by atoms with van der Waals surface area (Å²) in [6.45, 7) is 0.519. The van der Waals surface area contributed by atoms with Crippen LogP contribution >= 0.6 is 0 Å². The van der Waals surface area contributed by atoms with E-state index < -0.39 is 144 Å². The Hall–Kier alpha value is -14.9. The van der Waals surface area contributed by atoms with Gasteiger partial charge < -0.3 is 94.7 Å². The van der Waals surface area contributed by atoms with E-state index in [1.54, 1.807) is 0 Å². The number of fused-ring (bicyclic) bond motifs is 6. The van der Waals surface area contributed by atoms with Crippen molar-refractivity contribution in [1.29, 1.82) is 0 Å². The third kappa shape index (κ3) is 22.0. The van der Waals surface area contributed by atoms with Gasteiger partial charge in [-0.15, -0.1) is 0 Å². The number of carbonyl (C=O) groups excluding carboxylic acids is 12. The van der Waals surface area contributed by atoms with Crippen LogP contribution in [0.15, 0.2) is 273 Å². The molecular formula is C102H108N18O12. The Morgan fingerprint density at radius 2 is 0.402 bits per heavy atom. The average Bonchev–Trinajstić information content (AvgIpc) is 1.63. The monoisotopic (exact) mass is 1780 g/mol. The van der Waals surface area contributed by atoms with Crippen molar-refractivity contribution in [1.82, 2.24) is 77.5 Å². The third-order valence-corrected chi connectivity index (χ3v) is 25.4. The van der Waals surface area contributed by atoms with E-state index >= 15 is 0 Å². The second kappa shape index (κ2) is 41.7. The highest BCUT2D eigenvalue weighted by atomic mass is 16.2. The van der Waals surface area contributed by atoms with E-state index in [4.69, 9.17) is 17.2 Å². The molecule has 6 aliphatic heterocycles. The molecule has 0 bridgehead atoms. The number of benzene rings is 9. The summed E-state index contributed by atoms with van der Waals surface area (Å²) in [5.41, 5.74) is 29.1. The molecule has 0 radical (unpaired) electrons. The van der Waals surface area contributed by atoms with Gasteiger partial charge in [-0.05, 0) is 87.5 Å². The number of nitrogens with one attached hydrogen (secondary N) is 12. The number of carbonyl (C=O) groups is 12. The summed E-state index contributed by atoms with van der Waals surface area (Å²) < 4.78 is 0. The topological polar surface area (TPSA) is 448 Å². The second-order valence-electron chi connectivity index (χ2n) is 34.9. The first kappa shape index (κ1) is 90.5. The maximum absolute atomic E-state index is 14.1. The van der Waals surface area contributed by atoms with E-state index in [0.717, 1.165) is 82.8 Å². The van der Waals surface area contributed by atoms with Crippen molar-refractivity contribution >= 4 is 104 Å². The molecule has 678 valence electrons. The Morgan fingerprint density at radius 3 is 0.629 bits per heavy atom. The van der Waals surface area contributed by atoms with Crippen LogP contribution in [-0.4, -0.2) is 211 Å². The summed E-state index contributed by atoms with van der Waals surface area (Å²) in [7, 11) is 0. The molecule has 12 aromatic rings. The molecule has 0 spiro atoms. The Balaban J connectivity index is 0.000000144. The van der Waals surface area contributed by atoms with E-state index in [2.05, 4.69) is 62.8 Å². The number of hydrogen-bond donors (Lipinski definition) is 15. The van der Waals surface area contributed by atoms with E-state index in [-0.39, 0.29) is 114 Å². The molecule has 12 amide bonds. The molecule has 30 nitrogen and oxygen atoms in total. The van der Waals surface area contributed by atoms with Gasteiger partial charge in [0.15, 0.2) is 0 Å². The number of aromatic nitrogens is 3. The number of hydrogen-bond acceptors (Lipinski definition) is 15. The highest BCUT2D eigenvalue weighted by Gasteiger charge is 2.48. The summed E-state index contributed by atoms with van der Waals surface area (Å²) in [5, 5.41) is 29.1. The van der Waals surface area contributed by atoms with Gasteiger partial charge in [0, 0.05) is 147 Å². The number of rotatable bonds is 18. The van der Waals surface area contributed by atoms with Crippen LogP contribution in [0.1, 0.15) is 69.3 Å². The Kier molecular flexibility index (Phi) is 28.6.